The van der Waals surface area contributed by atoms with Crippen LogP contribution in [0.1, 0.15) is 32.6 Å². The van der Waals surface area contributed by atoms with E-state index in [1.54, 1.807) is 12.1 Å². The maximum absolute atomic E-state index is 12.7. The molecule has 0 atom stereocenters. The Morgan fingerprint density at radius 2 is 1.69 bits per heavy atom. The first-order valence-corrected chi connectivity index (χ1v) is 8.90. The average Bonchev–Trinajstić information content (AvgIpc) is 2.67. The number of aryl methyl sites for hydroxylation is 1. The summed E-state index contributed by atoms with van der Waals surface area (Å²) in [6.45, 7) is 3.85. The normalized spacial score (nSPS) is 11.3. The van der Waals surface area contributed by atoms with Crippen LogP contribution >= 0.6 is 0 Å². The van der Waals surface area contributed by atoms with Crippen LogP contribution < -0.4 is 10.9 Å². The monoisotopic (exact) mass is 400 g/mol. The van der Waals surface area contributed by atoms with Gasteiger partial charge in [0.1, 0.15) is 5.56 Å². The summed E-state index contributed by atoms with van der Waals surface area (Å²) >= 11 is 0. The summed E-state index contributed by atoms with van der Waals surface area (Å²) in [5.41, 5.74) is 1.74. The molecule has 3 aromatic rings. The number of carbonyl (C=O) groups excluding carboxylic acids is 1. The molecule has 0 fully saturated rings. The minimum Gasteiger partial charge on any atom is -0.322 e. The maximum Gasteiger partial charge on any atom is 0.416 e. The Bertz CT molecular complexity index is 1100. The predicted octanol–water partition coefficient (Wildman–Crippen LogP) is 4.78. The van der Waals surface area contributed by atoms with Crippen molar-refractivity contribution in [3.05, 3.63) is 99.0 Å². The molecule has 0 saturated carbocycles. The molecule has 7 heteroatoms. The van der Waals surface area contributed by atoms with Crippen molar-refractivity contribution in [3.8, 4) is 0 Å². The minimum atomic E-state index is -4.42. The molecule has 4 nitrogen and oxygen atoms in total. The molecule has 1 heterocycles. The van der Waals surface area contributed by atoms with Gasteiger partial charge in [0.15, 0.2) is 0 Å². The summed E-state index contributed by atoms with van der Waals surface area (Å²) in [5.74, 6) is -0.537. The van der Waals surface area contributed by atoms with E-state index in [1.807, 2.05) is 26.0 Å². The van der Waals surface area contributed by atoms with Crippen molar-refractivity contribution < 1.29 is 18.0 Å². The lowest BCUT2D eigenvalue weighted by Gasteiger charge is -2.12. The molecule has 0 bridgehead atoms. The molecule has 0 radical (unpaired) electrons. The molecular weight excluding hydrogens is 381 g/mol. The third kappa shape index (κ3) is 4.56. The molecule has 3 rings (SSSR count). The number of anilines is 1. The fraction of sp³-hybridized carbons (Fsp3) is 0.182. The zero-order valence-electron chi connectivity index (χ0n) is 15.9. The topological polar surface area (TPSA) is 51.1 Å². The molecule has 0 saturated heterocycles. The first kappa shape index (κ1) is 20.4. The van der Waals surface area contributed by atoms with E-state index in [0.717, 1.165) is 23.3 Å². The van der Waals surface area contributed by atoms with Crippen molar-refractivity contribution >= 4 is 11.6 Å². The quantitative estimate of drug-likeness (QED) is 0.685. The average molecular weight is 400 g/mol. The van der Waals surface area contributed by atoms with E-state index in [1.165, 1.54) is 29.0 Å². The Hall–Kier alpha value is -3.35. The second-order valence-electron chi connectivity index (χ2n) is 6.75. The second-order valence-corrected chi connectivity index (χ2v) is 6.75. The zero-order chi connectivity index (χ0) is 21.2. The SMILES string of the molecule is Cc1cccc(NC(=O)c2cccn(Cc3ccc(C(F)(F)F)cc3)c2=O)c1C. The number of hydrogen-bond acceptors (Lipinski definition) is 2. The molecule has 0 aliphatic heterocycles. The molecule has 150 valence electrons. The van der Waals surface area contributed by atoms with Crippen LogP contribution in [0.15, 0.2) is 65.6 Å². The van der Waals surface area contributed by atoms with Gasteiger partial charge in [-0.25, -0.2) is 0 Å². The lowest BCUT2D eigenvalue weighted by Crippen LogP contribution is -2.29. The van der Waals surface area contributed by atoms with Crippen LogP contribution in [0.25, 0.3) is 0 Å². The highest BCUT2D eigenvalue weighted by Gasteiger charge is 2.29. The number of alkyl halides is 3. The molecule has 29 heavy (non-hydrogen) atoms. The van der Waals surface area contributed by atoms with Gasteiger partial charge in [-0.1, -0.05) is 24.3 Å². The Labute approximate surface area is 165 Å². The number of nitrogens with zero attached hydrogens (tertiary/aromatic N) is 1. The first-order chi connectivity index (χ1) is 13.7. The summed E-state index contributed by atoms with van der Waals surface area (Å²) in [5, 5.41) is 2.75. The highest BCUT2D eigenvalue weighted by molar-refractivity contribution is 6.04. The molecule has 1 amide bonds. The van der Waals surface area contributed by atoms with Gasteiger partial charge < -0.3 is 9.88 Å². The van der Waals surface area contributed by atoms with E-state index in [2.05, 4.69) is 5.32 Å². The largest absolute Gasteiger partial charge is 0.416 e. The summed E-state index contributed by atoms with van der Waals surface area (Å²) in [4.78, 5) is 25.3. The smallest absolute Gasteiger partial charge is 0.322 e. The standard InChI is InChI=1S/C22H19F3N2O2/c1-14-5-3-7-19(15(14)2)26-20(28)18-6-4-12-27(21(18)29)13-16-8-10-17(11-9-16)22(23,24)25/h3-12H,13H2,1-2H3,(H,26,28). The highest BCUT2D eigenvalue weighted by atomic mass is 19.4. The van der Waals surface area contributed by atoms with Gasteiger partial charge in [0.25, 0.3) is 11.5 Å². The van der Waals surface area contributed by atoms with Crippen LogP contribution in [-0.4, -0.2) is 10.5 Å². The van der Waals surface area contributed by atoms with Crippen molar-refractivity contribution in [2.24, 2.45) is 0 Å². The molecule has 2 aromatic carbocycles. The van der Waals surface area contributed by atoms with Crippen molar-refractivity contribution in [3.63, 3.8) is 0 Å². The summed E-state index contributed by atoms with van der Waals surface area (Å²) in [6, 6.07) is 13.0. The third-order valence-electron chi connectivity index (χ3n) is 4.75. The van der Waals surface area contributed by atoms with Crippen LogP contribution in [0, 0.1) is 13.8 Å². The lowest BCUT2D eigenvalue weighted by molar-refractivity contribution is -0.137. The van der Waals surface area contributed by atoms with Crippen molar-refractivity contribution in [2.45, 2.75) is 26.6 Å². The molecule has 1 N–H and O–H groups in total. The van der Waals surface area contributed by atoms with Crippen molar-refractivity contribution in [2.75, 3.05) is 5.32 Å². The van der Waals surface area contributed by atoms with Crippen LogP contribution in [0.4, 0.5) is 18.9 Å². The first-order valence-electron chi connectivity index (χ1n) is 8.90. The van der Waals surface area contributed by atoms with Gasteiger partial charge in [0.2, 0.25) is 0 Å². The molecule has 0 spiro atoms. The highest BCUT2D eigenvalue weighted by Crippen LogP contribution is 2.29. The number of nitrogens with one attached hydrogen (secondary N) is 1. The number of aromatic nitrogens is 1. The van der Waals surface area contributed by atoms with E-state index in [0.29, 0.717) is 11.3 Å². The van der Waals surface area contributed by atoms with Crippen molar-refractivity contribution in [1.82, 2.24) is 4.57 Å². The predicted molar refractivity (Wildman–Crippen MR) is 105 cm³/mol. The molecule has 0 aliphatic carbocycles. The van der Waals surface area contributed by atoms with Gasteiger partial charge in [-0.15, -0.1) is 0 Å². The molecule has 0 aliphatic rings. The molecular formula is C22H19F3N2O2. The van der Waals surface area contributed by atoms with E-state index >= 15 is 0 Å². The number of hydrogen-bond donors (Lipinski definition) is 1. The number of halogens is 3. The van der Waals surface area contributed by atoms with Gasteiger partial charge in [-0.05, 0) is 60.9 Å². The number of amides is 1. The molecule has 0 unspecified atom stereocenters. The third-order valence-corrected chi connectivity index (χ3v) is 4.75. The Morgan fingerprint density at radius 1 is 1.00 bits per heavy atom. The lowest BCUT2D eigenvalue weighted by atomic mass is 10.1. The summed E-state index contributed by atoms with van der Waals surface area (Å²) in [7, 11) is 0. The Balaban J connectivity index is 1.83. The summed E-state index contributed by atoms with van der Waals surface area (Å²) in [6.07, 6.45) is -2.92. The second kappa shape index (κ2) is 7.95. The molecule has 1 aromatic heterocycles. The van der Waals surface area contributed by atoms with Crippen LogP contribution in [0.3, 0.4) is 0 Å². The Kier molecular flexibility index (Phi) is 5.59. The van der Waals surface area contributed by atoms with E-state index in [4.69, 9.17) is 0 Å². The zero-order valence-corrected chi connectivity index (χ0v) is 15.9. The maximum atomic E-state index is 12.7. The van der Waals surface area contributed by atoms with Crippen LogP contribution in [0.5, 0.6) is 0 Å². The Morgan fingerprint density at radius 3 is 2.34 bits per heavy atom. The van der Waals surface area contributed by atoms with Crippen LogP contribution in [-0.2, 0) is 12.7 Å². The van der Waals surface area contributed by atoms with E-state index in [9.17, 15) is 22.8 Å². The van der Waals surface area contributed by atoms with Gasteiger partial charge in [0, 0.05) is 11.9 Å². The number of rotatable bonds is 4. The van der Waals surface area contributed by atoms with Gasteiger partial charge in [-0.2, -0.15) is 13.2 Å². The fourth-order valence-corrected chi connectivity index (χ4v) is 2.91. The van der Waals surface area contributed by atoms with Crippen molar-refractivity contribution in [1.29, 1.82) is 0 Å². The van der Waals surface area contributed by atoms with Gasteiger partial charge in [0.05, 0.1) is 12.1 Å². The van der Waals surface area contributed by atoms with Gasteiger partial charge >= 0.3 is 6.18 Å². The van der Waals surface area contributed by atoms with E-state index < -0.39 is 23.2 Å². The minimum absolute atomic E-state index is 0.0414. The van der Waals surface area contributed by atoms with Gasteiger partial charge in [-0.3, -0.25) is 9.59 Å². The number of pyridine rings is 1. The summed E-state index contributed by atoms with van der Waals surface area (Å²) < 4.78 is 39.3. The van der Waals surface area contributed by atoms with Crippen LogP contribution in [0.2, 0.25) is 0 Å². The number of carbonyl (C=O) groups is 1. The van der Waals surface area contributed by atoms with E-state index in [-0.39, 0.29) is 12.1 Å². The fourth-order valence-electron chi connectivity index (χ4n) is 2.91. The number of benzene rings is 2.